The number of nitrogens with one attached hydrogen (secondary N) is 1. The van der Waals surface area contributed by atoms with E-state index >= 15 is 4.39 Å². The van der Waals surface area contributed by atoms with E-state index in [1.807, 2.05) is 30.7 Å². The number of halogens is 2. The van der Waals surface area contributed by atoms with E-state index in [1.165, 1.54) is 63.9 Å². The molecule has 1 N–H and O–H groups in total. The normalized spacial score (nSPS) is 22.0. The predicted molar refractivity (Wildman–Crippen MR) is 314 cm³/mol. The van der Waals surface area contributed by atoms with E-state index in [-0.39, 0.29) is 58.4 Å². The second kappa shape index (κ2) is 26.3. The van der Waals surface area contributed by atoms with Gasteiger partial charge in [-0.2, -0.15) is 9.97 Å². The molecule has 432 valence electrons. The Kier molecular flexibility index (Phi) is 19.1. The maximum atomic E-state index is 16.0. The summed E-state index contributed by atoms with van der Waals surface area (Å²) >= 11 is 0. The van der Waals surface area contributed by atoms with Crippen LogP contribution in [-0.2, 0) is 19.1 Å². The minimum Gasteiger partial charge on any atom is -0.467 e. The fourth-order valence-corrected chi connectivity index (χ4v) is 13.0. The van der Waals surface area contributed by atoms with E-state index in [0.29, 0.717) is 64.9 Å². The third-order valence-electron chi connectivity index (χ3n) is 18.1. The molecule has 8 heterocycles. The van der Waals surface area contributed by atoms with E-state index in [4.69, 9.17) is 15.9 Å². The molecule has 5 aromatic rings. The molecule has 0 saturated carbocycles. The average molecular weight is 1110 g/mol. The number of carbonyl (C=O) groups is 4. The molecule has 11 rings (SSSR count). The second-order valence-electron chi connectivity index (χ2n) is 23.4. The molecule has 3 aromatic carbocycles. The lowest BCUT2D eigenvalue weighted by Crippen LogP contribution is -2.44. The van der Waals surface area contributed by atoms with Crippen LogP contribution in [0, 0.1) is 60.5 Å². The van der Waals surface area contributed by atoms with E-state index in [9.17, 15) is 23.6 Å². The number of ether oxygens (including phenoxy) is 2. The Morgan fingerprint density at radius 3 is 2.32 bits per heavy atom. The number of aromatic nitrogens is 3. The van der Waals surface area contributed by atoms with Crippen molar-refractivity contribution >= 4 is 62.7 Å². The summed E-state index contributed by atoms with van der Waals surface area (Å²) in [5, 5.41) is 3.90. The Labute approximate surface area is 476 Å². The topological polar surface area (TPSA) is 154 Å². The fourth-order valence-electron chi connectivity index (χ4n) is 13.0. The Hall–Kier alpha value is -6.93. The van der Waals surface area contributed by atoms with Gasteiger partial charge in [0.15, 0.2) is 5.82 Å². The average Bonchev–Trinajstić information content (AvgIpc) is 4.29. The molecule has 17 heteroatoms. The summed E-state index contributed by atoms with van der Waals surface area (Å²) in [7, 11) is 3.36. The van der Waals surface area contributed by atoms with Gasteiger partial charge in [-0.15, -0.1) is 6.42 Å². The molecule has 6 saturated heterocycles. The number of hydrogen-bond donors (Lipinski definition) is 1. The van der Waals surface area contributed by atoms with E-state index in [1.54, 1.807) is 30.5 Å². The number of pyridine rings is 1. The van der Waals surface area contributed by atoms with Gasteiger partial charge in [0.25, 0.3) is 0 Å². The van der Waals surface area contributed by atoms with Crippen LogP contribution in [-0.4, -0.2) is 127 Å². The fraction of sp³-hybridized carbons (Fsp3) is 0.547. The van der Waals surface area contributed by atoms with Crippen molar-refractivity contribution in [2.45, 2.75) is 130 Å². The number of anilines is 3. The van der Waals surface area contributed by atoms with Crippen LogP contribution in [0.1, 0.15) is 122 Å². The maximum Gasteiger partial charge on any atom is 0.409 e. The van der Waals surface area contributed by atoms with Crippen molar-refractivity contribution in [3.05, 3.63) is 77.5 Å². The summed E-state index contributed by atoms with van der Waals surface area (Å²) < 4.78 is 41.5. The number of imide groups is 1. The smallest absolute Gasteiger partial charge is 0.409 e. The zero-order valence-corrected chi connectivity index (χ0v) is 48.4. The molecule has 0 bridgehead atoms. The van der Waals surface area contributed by atoms with Crippen molar-refractivity contribution in [3.63, 3.8) is 0 Å². The number of terminal acetylenes is 1. The first-order valence-corrected chi connectivity index (χ1v) is 29.5. The Bertz CT molecular complexity index is 3130. The molecule has 0 aliphatic carbocycles. The van der Waals surface area contributed by atoms with Crippen molar-refractivity contribution in [3.8, 4) is 29.6 Å². The number of fused-ring (bicyclic) bond motifs is 3. The largest absolute Gasteiger partial charge is 0.467 e. The highest BCUT2D eigenvalue weighted by atomic mass is 19.1. The SMILES string of the molecule is C#Cc1c(F)ccc2cccc(-c3ncc4c(N5CCCC(C)C5)nc(OC)nc4c3F)c12.CC1CCC(=O)NC1=O.CCC(C)C(=O)N(C)c1cc(N2CCC(C3CCN(C(=O)OCC4CCC5CCCN54)CC3)CC2)ccc1C. The van der Waals surface area contributed by atoms with Gasteiger partial charge in [0.2, 0.25) is 17.7 Å². The number of rotatable bonds is 10. The summed E-state index contributed by atoms with van der Waals surface area (Å²) in [5.41, 5.74) is 4.02. The molecular weight excluding hydrogens is 1030 g/mol. The summed E-state index contributed by atoms with van der Waals surface area (Å²) in [6, 6.07) is 16.0. The summed E-state index contributed by atoms with van der Waals surface area (Å²) in [5.74, 6) is 3.73. The number of carbonyl (C=O) groups excluding carboxylic acids is 4. The Balaban J connectivity index is 0.000000171. The van der Waals surface area contributed by atoms with Crippen molar-refractivity contribution in [1.29, 1.82) is 0 Å². The third kappa shape index (κ3) is 13.2. The number of aryl methyl sites for hydroxylation is 1. The van der Waals surface area contributed by atoms with Gasteiger partial charge in [-0.25, -0.2) is 13.6 Å². The molecule has 4 amide bonds. The monoisotopic (exact) mass is 1110 g/mol. The minimum absolute atomic E-state index is 0.0164. The zero-order chi connectivity index (χ0) is 57.5. The van der Waals surface area contributed by atoms with Crippen molar-refractivity contribution in [2.75, 3.05) is 81.3 Å². The molecular formula is C64H81F2N9O6. The number of amides is 4. The lowest BCUT2D eigenvalue weighted by molar-refractivity contribution is -0.135. The summed E-state index contributed by atoms with van der Waals surface area (Å²) in [6.07, 6.45) is 20.9. The molecule has 81 heavy (non-hydrogen) atoms. The Morgan fingerprint density at radius 2 is 1.63 bits per heavy atom. The number of benzene rings is 3. The van der Waals surface area contributed by atoms with Crippen LogP contribution in [0.15, 0.2) is 54.7 Å². The van der Waals surface area contributed by atoms with Gasteiger partial charge >= 0.3 is 12.1 Å². The van der Waals surface area contributed by atoms with Crippen molar-refractivity contribution in [1.82, 2.24) is 30.1 Å². The van der Waals surface area contributed by atoms with Gasteiger partial charge in [0.1, 0.15) is 29.5 Å². The van der Waals surface area contributed by atoms with Crippen LogP contribution in [0.25, 0.3) is 32.9 Å². The second-order valence-corrected chi connectivity index (χ2v) is 23.4. The van der Waals surface area contributed by atoms with Gasteiger partial charge in [-0.05, 0) is 137 Å². The van der Waals surface area contributed by atoms with Gasteiger partial charge in [0, 0.05) is 105 Å². The number of methoxy groups -OCH3 is 1. The quantitative estimate of drug-likeness (QED) is 0.105. The summed E-state index contributed by atoms with van der Waals surface area (Å²) in [4.78, 5) is 71.0. The molecule has 5 atom stereocenters. The minimum atomic E-state index is -0.626. The van der Waals surface area contributed by atoms with E-state index < -0.39 is 11.6 Å². The Morgan fingerprint density at radius 1 is 0.889 bits per heavy atom. The first kappa shape index (κ1) is 58.7. The van der Waals surface area contributed by atoms with Crippen LogP contribution in [0.4, 0.5) is 30.8 Å². The first-order valence-electron chi connectivity index (χ1n) is 29.5. The van der Waals surface area contributed by atoms with E-state index in [0.717, 1.165) is 94.6 Å². The van der Waals surface area contributed by atoms with Crippen LogP contribution in [0.5, 0.6) is 6.01 Å². The van der Waals surface area contributed by atoms with Crippen LogP contribution in [0.2, 0.25) is 0 Å². The number of nitrogens with zero attached hydrogens (tertiary/aromatic N) is 8. The van der Waals surface area contributed by atoms with Crippen LogP contribution < -0.4 is 24.8 Å². The predicted octanol–water partition coefficient (Wildman–Crippen LogP) is 11.1. The van der Waals surface area contributed by atoms with E-state index in [2.05, 4.69) is 79.9 Å². The van der Waals surface area contributed by atoms with Crippen LogP contribution >= 0.6 is 0 Å². The molecule has 0 radical (unpaired) electrons. The molecule has 0 spiro atoms. The third-order valence-corrected chi connectivity index (χ3v) is 18.1. The van der Waals surface area contributed by atoms with Gasteiger partial charge < -0.3 is 29.1 Å². The number of likely N-dealkylation sites (tertiary alicyclic amines) is 1. The summed E-state index contributed by atoms with van der Waals surface area (Å²) in [6.45, 7) is 17.3. The molecule has 15 nitrogen and oxygen atoms in total. The lowest BCUT2D eigenvalue weighted by Gasteiger charge is -2.41. The highest BCUT2D eigenvalue weighted by molar-refractivity contribution is 6.02. The maximum absolute atomic E-state index is 16.0. The molecule has 5 unspecified atom stereocenters. The number of piperidine rings is 4. The molecule has 2 aromatic heterocycles. The lowest BCUT2D eigenvalue weighted by atomic mass is 9.79. The first-order chi connectivity index (χ1) is 39.1. The molecule has 6 aliphatic rings. The molecule has 6 fully saturated rings. The highest BCUT2D eigenvalue weighted by Gasteiger charge is 2.38. The van der Waals surface area contributed by atoms with Crippen molar-refractivity contribution < 1.29 is 37.4 Å². The van der Waals surface area contributed by atoms with Gasteiger partial charge in [-0.3, -0.25) is 29.6 Å². The van der Waals surface area contributed by atoms with Gasteiger partial charge in [0.05, 0.1) is 18.1 Å². The number of hydrogen-bond acceptors (Lipinski definition) is 12. The standard InChI is InChI=1S/C32H50N4O3.C26H22F2N4O.C6H9NO2/c1-5-23(2)31(37)33(4)30-21-28(9-8-24(30)3)34-17-12-25(13-18-34)26-14-19-35(20-15-26)32(38)39-22-29-11-10-27-7-6-16-36(27)29;1-4-17-20(27)11-10-16-8-5-9-18(21(16)17)23-22(28)24-19(13-29-23)25(31-26(30-24)33-3)32-12-6-7-15(2)14-32;1-4-2-3-5(8)7-6(4)9/h8-9,21,23,25-27,29H,5-7,10-20,22H2,1-4H3;1,5,8-11,13,15H,6-7,12,14H2,2-3H3;4H,2-3H2,1H3,(H,7,8,9). The zero-order valence-electron chi connectivity index (χ0n) is 48.4. The van der Waals surface area contributed by atoms with Gasteiger partial charge in [-0.1, -0.05) is 63.9 Å². The van der Waals surface area contributed by atoms with Crippen molar-refractivity contribution in [2.24, 2.45) is 29.6 Å². The molecule has 6 aliphatic heterocycles. The highest BCUT2D eigenvalue weighted by Crippen LogP contribution is 2.39. The van der Waals surface area contributed by atoms with Crippen LogP contribution in [0.3, 0.4) is 0 Å².